The number of benzene rings is 1. The van der Waals surface area contributed by atoms with Gasteiger partial charge in [-0.15, -0.1) is 0 Å². The van der Waals surface area contributed by atoms with E-state index in [4.69, 9.17) is 9.47 Å². The first-order chi connectivity index (χ1) is 12.0. The summed E-state index contributed by atoms with van der Waals surface area (Å²) in [6, 6.07) is 6.71. The van der Waals surface area contributed by atoms with Crippen LogP contribution in [0.1, 0.15) is 38.7 Å². The number of ether oxygens (including phenoxy) is 2. The van der Waals surface area contributed by atoms with Crippen molar-refractivity contribution in [3.05, 3.63) is 35.6 Å². The summed E-state index contributed by atoms with van der Waals surface area (Å²) in [4.78, 5) is 14.0. The van der Waals surface area contributed by atoms with Crippen molar-refractivity contribution in [1.82, 2.24) is 4.90 Å². The Morgan fingerprint density at radius 2 is 2.16 bits per heavy atom. The van der Waals surface area contributed by atoms with Crippen molar-refractivity contribution in [3.63, 3.8) is 0 Å². The highest BCUT2D eigenvalue weighted by atomic mass is 19.1. The van der Waals surface area contributed by atoms with Crippen molar-refractivity contribution >= 4 is 5.91 Å². The maximum Gasteiger partial charge on any atom is 0.223 e. The zero-order valence-corrected chi connectivity index (χ0v) is 15.2. The molecule has 1 aromatic carbocycles. The van der Waals surface area contributed by atoms with Crippen LogP contribution in [0.5, 0.6) is 0 Å². The predicted molar refractivity (Wildman–Crippen MR) is 93.5 cm³/mol. The molecule has 0 radical (unpaired) electrons. The quantitative estimate of drug-likeness (QED) is 0.708. The van der Waals surface area contributed by atoms with E-state index < -0.39 is 0 Å². The van der Waals surface area contributed by atoms with Gasteiger partial charge in [-0.05, 0) is 30.7 Å². The highest BCUT2D eigenvalue weighted by Gasteiger charge is 2.50. The highest BCUT2D eigenvalue weighted by molar-refractivity contribution is 5.77. The summed E-state index contributed by atoms with van der Waals surface area (Å²) in [7, 11) is 0. The monoisotopic (exact) mass is 349 g/mol. The molecule has 2 aliphatic heterocycles. The minimum absolute atomic E-state index is 0.122. The Kier molecular flexibility index (Phi) is 5.74. The van der Waals surface area contributed by atoms with Crippen molar-refractivity contribution in [1.29, 1.82) is 0 Å². The van der Waals surface area contributed by atoms with E-state index in [0.29, 0.717) is 37.0 Å². The zero-order valence-electron chi connectivity index (χ0n) is 15.2. The molecule has 2 heterocycles. The minimum atomic E-state index is -0.216. The maximum atomic E-state index is 13.5. The summed E-state index contributed by atoms with van der Waals surface area (Å²) >= 11 is 0. The molecule has 3 rings (SSSR count). The molecule has 0 saturated carbocycles. The smallest absolute Gasteiger partial charge is 0.223 e. The Morgan fingerprint density at radius 3 is 2.88 bits per heavy atom. The molecule has 1 atom stereocenters. The first-order valence-electron chi connectivity index (χ1n) is 9.20. The van der Waals surface area contributed by atoms with Gasteiger partial charge in [0.2, 0.25) is 5.91 Å². The number of hydrogen-bond acceptors (Lipinski definition) is 3. The van der Waals surface area contributed by atoms with Crippen LogP contribution in [0.3, 0.4) is 0 Å². The van der Waals surface area contributed by atoms with Crippen LogP contribution in [0.25, 0.3) is 0 Å². The van der Waals surface area contributed by atoms with Crippen LogP contribution >= 0.6 is 0 Å². The molecule has 4 nitrogen and oxygen atoms in total. The second-order valence-electron chi connectivity index (χ2n) is 7.84. The van der Waals surface area contributed by atoms with Gasteiger partial charge >= 0.3 is 0 Å². The van der Waals surface area contributed by atoms with E-state index in [-0.39, 0.29) is 17.3 Å². The number of carbonyl (C=O) groups is 1. The van der Waals surface area contributed by atoms with E-state index in [1.165, 1.54) is 6.07 Å². The lowest BCUT2D eigenvalue weighted by atomic mass is 9.85. The normalized spacial score (nSPS) is 21.8. The van der Waals surface area contributed by atoms with Gasteiger partial charge in [-0.3, -0.25) is 4.79 Å². The van der Waals surface area contributed by atoms with Crippen LogP contribution in [-0.4, -0.2) is 42.7 Å². The van der Waals surface area contributed by atoms with Crippen molar-refractivity contribution in [2.24, 2.45) is 11.8 Å². The number of amides is 1. The first kappa shape index (κ1) is 18.3. The molecule has 1 aromatic rings. The fourth-order valence-corrected chi connectivity index (χ4v) is 3.70. The molecule has 2 saturated heterocycles. The number of rotatable bonds is 7. The SMILES string of the molecule is CC(C)CC(=O)N1CC2(CC(CCOCc3ccccc3F)CO2)C1. The third-order valence-electron chi connectivity index (χ3n) is 5.07. The van der Waals surface area contributed by atoms with Crippen molar-refractivity contribution in [3.8, 4) is 0 Å². The Bertz CT molecular complexity index is 598. The van der Waals surface area contributed by atoms with Gasteiger partial charge in [0.05, 0.1) is 26.3 Å². The van der Waals surface area contributed by atoms with Crippen molar-refractivity contribution < 1.29 is 18.7 Å². The average Bonchev–Trinajstić information content (AvgIpc) is 2.95. The molecular formula is C20H28FNO3. The predicted octanol–water partition coefficient (Wildman–Crippen LogP) is 3.40. The van der Waals surface area contributed by atoms with Crippen molar-refractivity contribution in [2.45, 2.75) is 45.3 Å². The largest absolute Gasteiger partial charge is 0.377 e. The van der Waals surface area contributed by atoms with Gasteiger partial charge in [-0.25, -0.2) is 4.39 Å². The van der Waals surface area contributed by atoms with Gasteiger partial charge in [-0.1, -0.05) is 32.0 Å². The topological polar surface area (TPSA) is 38.8 Å². The molecule has 0 bridgehead atoms. The second-order valence-corrected chi connectivity index (χ2v) is 7.84. The van der Waals surface area contributed by atoms with Crippen LogP contribution in [0.4, 0.5) is 4.39 Å². The molecule has 0 aromatic heterocycles. The van der Waals surface area contributed by atoms with E-state index in [0.717, 1.165) is 32.5 Å². The van der Waals surface area contributed by atoms with Gasteiger partial charge in [-0.2, -0.15) is 0 Å². The second kappa shape index (κ2) is 7.83. The Hall–Kier alpha value is -1.46. The molecule has 5 heteroatoms. The standard InChI is InChI=1S/C20H28FNO3/c1-15(2)9-19(23)22-13-20(14-22)10-16(11-25-20)7-8-24-12-17-5-3-4-6-18(17)21/h3-6,15-16H,7-14H2,1-2H3. The Labute approximate surface area is 149 Å². The van der Waals surface area contributed by atoms with Gasteiger partial charge in [0.1, 0.15) is 11.4 Å². The number of nitrogens with zero attached hydrogens (tertiary/aromatic N) is 1. The Morgan fingerprint density at radius 1 is 1.40 bits per heavy atom. The van der Waals surface area contributed by atoms with Gasteiger partial charge in [0.15, 0.2) is 0 Å². The molecule has 138 valence electrons. The molecule has 2 fully saturated rings. The van der Waals surface area contributed by atoms with E-state index in [1.54, 1.807) is 12.1 Å². The maximum absolute atomic E-state index is 13.5. The third-order valence-corrected chi connectivity index (χ3v) is 5.07. The molecule has 2 aliphatic rings. The lowest BCUT2D eigenvalue weighted by Crippen LogP contribution is -2.63. The van der Waals surface area contributed by atoms with Gasteiger partial charge in [0, 0.05) is 18.6 Å². The van der Waals surface area contributed by atoms with Crippen LogP contribution in [0, 0.1) is 17.7 Å². The van der Waals surface area contributed by atoms with Gasteiger partial charge < -0.3 is 14.4 Å². The number of halogens is 1. The molecule has 1 unspecified atom stereocenters. The highest BCUT2D eigenvalue weighted by Crippen LogP contribution is 2.39. The summed E-state index contributed by atoms with van der Waals surface area (Å²) in [5.74, 6) is 0.878. The van der Waals surface area contributed by atoms with Crippen LogP contribution in [-0.2, 0) is 20.9 Å². The molecule has 1 amide bonds. The molecule has 0 N–H and O–H groups in total. The van der Waals surface area contributed by atoms with E-state index in [2.05, 4.69) is 13.8 Å². The lowest BCUT2D eigenvalue weighted by molar-refractivity contribution is -0.158. The van der Waals surface area contributed by atoms with Crippen molar-refractivity contribution in [2.75, 3.05) is 26.3 Å². The summed E-state index contributed by atoms with van der Waals surface area (Å²) in [5.41, 5.74) is 0.475. The van der Waals surface area contributed by atoms with Crippen LogP contribution in [0.2, 0.25) is 0 Å². The third kappa shape index (κ3) is 4.59. The fourth-order valence-electron chi connectivity index (χ4n) is 3.70. The van der Waals surface area contributed by atoms with Gasteiger partial charge in [0.25, 0.3) is 0 Å². The molecule has 1 spiro atoms. The van der Waals surface area contributed by atoms with E-state index >= 15 is 0 Å². The summed E-state index contributed by atoms with van der Waals surface area (Å²) in [6.45, 7) is 7.23. The lowest BCUT2D eigenvalue weighted by Gasteiger charge is -2.47. The summed E-state index contributed by atoms with van der Waals surface area (Å²) in [6.07, 6.45) is 2.51. The fraction of sp³-hybridized carbons (Fsp3) is 0.650. The van der Waals surface area contributed by atoms with Crippen LogP contribution in [0.15, 0.2) is 24.3 Å². The summed E-state index contributed by atoms with van der Waals surface area (Å²) in [5, 5.41) is 0. The number of carbonyl (C=O) groups excluding carboxylic acids is 1. The number of likely N-dealkylation sites (tertiary alicyclic amines) is 1. The molecule has 0 aliphatic carbocycles. The number of hydrogen-bond donors (Lipinski definition) is 0. The van der Waals surface area contributed by atoms with E-state index in [9.17, 15) is 9.18 Å². The van der Waals surface area contributed by atoms with E-state index in [1.807, 2.05) is 11.0 Å². The average molecular weight is 349 g/mol. The first-order valence-corrected chi connectivity index (χ1v) is 9.20. The molecule has 25 heavy (non-hydrogen) atoms. The molecular weight excluding hydrogens is 321 g/mol. The Balaban J connectivity index is 1.34. The summed E-state index contributed by atoms with van der Waals surface area (Å²) < 4.78 is 25.1. The van der Waals surface area contributed by atoms with Crippen LogP contribution < -0.4 is 0 Å². The minimum Gasteiger partial charge on any atom is -0.377 e. The zero-order chi connectivity index (χ0) is 17.9.